The summed E-state index contributed by atoms with van der Waals surface area (Å²) in [5.74, 6) is 0.843. The fourth-order valence-corrected chi connectivity index (χ4v) is 3.25. The Morgan fingerprint density at radius 1 is 1.50 bits per heavy atom. The predicted molar refractivity (Wildman–Crippen MR) is 78.9 cm³/mol. The van der Waals surface area contributed by atoms with Gasteiger partial charge in [-0.1, -0.05) is 13.8 Å². The van der Waals surface area contributed by atoms with Crippen LogP contribution in [0.3, 0.4) is 0 Å². The van der Waals surface area contributed by atoms with E-state index in [2.05, 4.69) is 33.6 Å². The Kier molecular flexibility index (Phi) is 3.22. The minimum atomic E-state index is 0.0355. The van der Waals surface area contributed by atoms with E-state index in [0.29, 0.717) is 4.77 Å². The Labute approximate surface area is 123 Å². The van der Waals surface area contributed by atoms with Crippen molar-refractivity contribution in [1.82, 2.24) is 19.7 Å². The van der Waals surface area contributed by atoms with Gasteiger partial charge in [-0.2, -0.15) is 5.10 Å². The molecule has 1 saturated carbocycles. The van der Waals surface area contributed by atoms with E-state index in [1.54, 1.807) is 19.5 Å². The number of rotatable bonds is 3. The maximum Gasteiger partial charge on any atom is 0.195 e. The molecule has 2 aromatic heterocycles. The van der Waals surface area contributed by atoms with E-state index < -0.39 is 0 Å². The van der Waals surface area contributed by atoms with E-state index in [0.717, 1.165) is 17.8 Å². The maximum atomic E-state index is 5.52. The van der Waals surface area contributed by atoms with Crippen molar-refractivity contribution in [1.29, 1.82) is 0 Å². The molecule has 2 heterocycles. The summed E-state index contributed by atoms with van der Waals surface area (Å²) in [5, 5.41) is 7.27. The Bertz CT molecular complexity index is 661. The molecule has 1 fully saturated rings. The van der Waals surface area contributed by atoms with Gasteiger partial charge < -0.3 is 4.74 Å². The average Bonchev–Trinajstić information content (AvgIpc) is 2.81. The topological polar surface area (TPSA) is 55.7 Å². The Balaban J connectivity index is 2.04. The van der Waals surface area contributed by atoms with Gasteiger partial charge in [0, 0.05) is 36.5 Å². The van der Waals surface area contributed by atoms with E-state index >= 15 is 0 Å². The summed E-state index contributed by atoms with van der Waals surface area (Å²) in [6.07, 6.45) is 4.76. The third-order valence-electron chi connectivity index (χ3n) is 4.35. The fraction of sp³-hybridized carbons (Fsp3) is 0.500. The van der Waals surface area contributed by atoms with Crippen molar-refractivity contribution in [3.63, 3.8) is 0 Å². The summed E-state index contributed by atoms with van der Waals surface area (Å²) >= 11 is 5.41. The molecule has 0 spiro atoms. The second-order valence-electron chi connectivity index (χ2n) is 5.76. The van der Waals surface area contributed by atoms with Gasteiger partial charge >= 0.3 is 0 Å². The molecule has 1 aliphatic rings. The molecule has 0 aliphatic heterocycles. The van der Waals surface area contributed by atoms with Crippen molar-refractivity contribution in [3.05, 3.63) is 29.3 Å². The number of ether oxygens (including phenoxy) is 1. The van der Waals surface area contributed by atoms with Gasteiger partial charge in [-0.05, 0) is 30.8 Å². The fourth-order valence-electron chi connectivity index (χ4n) is 2.99. The van der Waals surface area contributed by atoms with Crippen LogP contribution in [-0.2, 0) is 4.74 Å². The van der Waals surface area contributed by atoms with E-state index in [1.165, 1.54) is 0 Å². The first-order chi connectivity index (χ1) is 9.55. The first-order valence-electron chi connectivity index (χ1n) is 6.65. The standard InChI is InChI=1S/C14H18N4OS/c1-14(2)10(7-11(14)19-3)18-12(16-17-13(18)20)9-5-4-6-15-8-9/h4-6,8,10-11H,7H2,1-3H3,(H,17,20). The highest BCUT2D eigenvalue weighted by atomic mass is 32.1. The molecule has 0 saturated heterocycles. The number of hydrogen-bond acceptors (Lipinski definition) is 4. The van der Waals surface area contributed by atoms with Crippen LogP contribution in [0.15, 0.2) is 24.5 Å². The summed E-state index contributed by atoms with van der Waals surface area (Å²) in [4.78, 5) is 4.16. The van der Waals surface area contributed by atoms with Crippen molar-refractivity contribution < 1.29 is 4.74 Å². The average molecular weight is 290 g/mol. The Morgan fingerprint density at radius 2 is 2.30 bits per heavy atom. The van der Waals surface area contributed by atoms with Crippen molar-refractivity contribution in [2.75, 3.05) is 7.11 Å². The molecule has 2 unspecified atom stereocenters. The van der Waals surface area contributed by atoms with Gasteiger partial charge in [-0.15, -0.1) is 0 Å². The van der Waals surface area contributed by atoms with Crippen LogP contribution in [0, 0.1) is 10.2 Å². The minimum Gasteiger partial charge on any atom is -0.381 e. The molecule has 0 radical (unpaired) electrons. The molecule has 2 aromatic rings. The summed E-state index contributed by atoms with van der Waals surface area (Å²) < 4.78 is 8.27. The molecule has 0 aromatic carbocycles. The summed E-state index contributed by atoms with van der Waals surface area (Å²) in [6, 6.07) is 4.18. The zero-order chi connectivity index (χ0) is 14.3. The van der Waals surface area contributed by atoms with Crippen LogP contribution in [0.1, 0.15) is 26.3 Å². The number of methoxy groups -OCH3 is 1. The number of aromatic amines is 1. The number of H-pyrrole nitrogens is 1. The summed E-state index contributed by atoms with van der Waals surface area (Å²) in [5.41, 5.74) is 1.00. The SMILES string of the molecule is COC1CC(n2c(-c3cccnc3)n[nH]c2=S)C1(C)C. The lowest BCUT2D eigenvalue weighted by Gasteiger charge is -2.51. The van der Waals surface area contributed by atoms with Crippen molar-refractivity contribution in [3.8, 4) is 11.4 Å². The van der Waals surface area contributed by atoms with Crippen molar-refractivity contribution in [2.45, 2.75) is 32.4 Å². The van der Waals surface area contributed by atoms with E-state index in [9.17, 15) is 0 Å². The van der Waals surface area contributed by atoms with Gasteiger partial charge in [-0.25, -0.2) is 0 Å². The highest BCUT2D eigenvalue weighted by molar-refractivity contribution is 7.71. The minimum absolute atomic E-state index is 0.0355. The molecule has 20 heavy (non-hydrogen) atoms. The van der Waals surface area contributed by atoms with E-state index in [4.69, 9.17) is 17.0 Å². The monoisotopic (exact) mass is 290 g/mol. The molecule has 1 aliphatic carbocycles. The molecule has 1 N–H and O–H groups in total. The normalized spacial score (nSPS) is 24.4. The van der Waals surface area contributed by atoms with E-state index in [1.807, 2.05) is 12.1 Å². The van der Waals surface area contributed by atoms with Gasteiger partial charge in [0.1, 0.15) is 0 Å². The van der Waals surface area contributed by atoms with Crippen molar-refractivity contribution >= 4 is 12.2 Å². The largest absolute Gasteiger partial charge is 0.381 e. The quantitative estimate of drug-likeness (QED) is 0.883. The Morgan fingerprint density at radius 3 is 2.90 bits per heavy atom. The van der Waals surface area contributed by atoms with Crippen molar-refractivity contribution in [2.24, 2.45) is 5.41 Å². The van der Waals surface area contributed by atoms with Crippen LogP contribution in [0.5, 0.6) is 0 Å². The molecule has 0 bridgehead atoms. The summed E-state index contributed by atoms with van der Waals surface area (Å²) in [7, 11) is 1.76. The third kappa shape index (κ3) is 1.91. The van der Waals surface area contributed by atoms with Crippen LogP contribution in [-0.4, -0.2) is 33.0 Å². The lowest BCUT2D eigenvalue weighted by Crippen LogP contribution is -2.51. The highest BCUT2D eigenvalue weighted by Gasteiger charge is 2.50. The van der Waals surface area contributed by atoms with Gasteiger partial charge in [0.15, 0.2) is 10.6 Å². The predicted octanol–water partition coefficient (Wildman–Crippen LogP) is 2.99. The second kappa shape index (κ2) is 4.79. The number of pyridine rings is 1. The number of hydrogen-bond donors (Lipinski definition) is 1. The van der Waals surface area contributed by atoms with Crippen LogP contribution in [0.4, 0.5) is 0 Å². The van der Waals surface area contributed by atoms with Gasteiger partial charge in [0.05, 0.1) is 6.10 Å². The first-order valence-corrected chi connectivity index (χ1v) is 7.06. The van der Waals surface area contributed by atoms with Crippen LogP contribution in [0.2, 0.25) is 0 Å². The number of aromatic nitrogens is 4. The van der Waals surface area contributed by atoms with Crippen LogP contribution < -0.4 is 0 Å². The van der Waals surface area contributed by atoms with Gasteiger partial charge in [-0.3, -0.25) is 14.6 Å². The molecule has 106 valence electrons. The maximum absolute atomic E-state index is 5.52. The third-order valence-corrected chi connectivity index (χ3v) is 4.63. The smallest absolute Gasteiger partial charge is 0.195 e. The number of nitrogens with zero attached hydrogens (tertiary/aromatic N) is 3. The van der Waals surface area contributed by atoms with E-state index in [-0.39, 0.29) is 17.6 Å². The zero-order valence-corrected chi connectivity index (χ0v) is 12.6. The lowest BCUT2D eigenvalue weighted by atomic mass is 9.64. The van der Waals surface area contributed by atoms with Gasteiger partial charge in [0.25, 0.3) is 0 Å². The first kappa shape index (κ1) is 13.5. The van der Waals surface area contributed by atoms with Gasteiger partial charge in [0.2, 0.25) is 0 Å². The Hall–Kier alpha value is -1.53. The molecular weight excluding hydrogens is 272 g/mol. The second-order valence-corrected chi connectivity index (χ2v) is 6.15. The van der Waals surface area contributed by atoms with Crippen LogP contribution >= 0.6 is 12.2 Å². The molecule has 2 atom stereocenters. The van der Waals surface area contributed by atoms with Crippen LogP contribution in [0.25, 0.3) is 11.4 Å². The molecule has 5 nitrogen and oxygen atoms in total. The summed E-state index contributed by atoms with van der Waals surface area (Å²) in [6.45, 7) is 4.41. The zero-order valence-electron chi connectivity index (χ0n) is 11.8. The lowest BCUT2D eigenvalue weighted by molar-refractivity contribution is -0.112. The molecule has 6 heteroatoms. The molecule has 0 amide bonds. The highest BCUT2D eigenvalue weighted by Crippen LogP contribution is 2.52. The molecular formula is C14H18N4OS. The molecule has 3 rings (SSSR count). The number of nitrogens with one attached hydrogen (secondary N) is 1.